The van der Waals surface area contributed by atoms with Gasteiger partial charge in [-0.1, -0.05) is 17.9 Å². The molecule has 6 rings (SSSR count). The van der Waals surface area contributed by atoms with Gasteiger partial charge in [-0.25, -0.2) is 18.7 Å². The van der Waals surface area contributed by atoms with E-state index in [9.17, 15) is 13.6 Å². The summed E-state index contributed by atoms with van der Waals surface area (Å²) in [5, 5.41) is 12.4. The van der Waals surface area contributed by atoms with Crippen molar-refractivity contribution < 1.29 is 13.6 Å². The monoisotopic (exact) mass is 510 g/mol. The van der Waals surface area contributed by atoms with Crippen LogP contribution in [0.3, 0.4) is 0 Å². The number of rotatable bonds is 5. The summed E-state index contributed by atoms with van der Waals surface area (Å²) in [4.78, 5) is 25.6. The number of imidazole rings is 1. The van der Waals surface area contributed by atoms with Crippen LogP contribution in [-0.2, 0) is 13.0 Å². The average Bonchev–Trinajstić information content (AvgIpc) is 3.17. The highest BCUT2D eigenvalue weighted by Crippen LogP contribution is 2.47. The van der Waals surface area contributed by atoms with Crippen LogP contribution in [0.1, 0.15) is 64.1 Å². The number of H-pyrrole nitrogens is 1. The van der Waals surface area contributed by atoms with Crippen molar-refractivity contribution in [1.82, 2.24) is 24.8 Å². The third kappa shape index (κ3) is 4.41. The Kier molecular flexibility index (Phi) is 5.72. The number of hydrogen-bond donors (Lipinski definition) is 2. The van der Waals surface area contributed by atoms with E-state index < -0.39 is 18.1 Å². The Morgan fingerprint density at radius 3 is 2.95 bits per heavy atom. The van der Waals surface area contributed by atoms with Gasteiger partial charge in [0.05, 0.1) is 31.1 Å². The molecule has 0 spiro atoms. The molecule has 0 saturated heterocycles. The number of aryl methyl sites for hydroxylation is 1. The van der Waals surface area contributed by atoms with E-state index in [0.29, 0.717) is 45.7 Å². The van der Waals surface area contributed by atoms with Crippen molar-refractivity contribution in [3.63, 3.8) is 0 Å². The summed E-state index contributed by atoms with van der Waals surface area (Å²) in [5.41, 5.74) is 3.49. The maximum atomic E-state index is 14.5. The quantitative estimate of drug-likeness (QED) is 0.381. The van der Waals surface area contributed by atoms with Crippen LogP contribution in [0.2, 0.25) is 0 Å². The van der Waals surface area contributed by atoms with Crippen molar-refractivity contribution in [2.75, 3.05) is 0 Å². The molecule has 1 aliphatic carbocycles. The summed E-state index contributed by atoms with van der Waals surface area (Å²) in [6, 6.07) is 11.2. The standard InChI is InChI=1S/C29H24F2N6O/c1-17-11-18(5-6-29(7-8-29)9-10-32)12-24(34-17)28(38)36-26(27-25-13-19(30)15-37(25)16-33-27)23-14-20-21(31)3-2-4-22(20)35-23/h2-4,11-12,14,16,19,26,35H,7-9,13,15H2,1H3,(H,36,38)/t19-,26?/m1/s1. The fourth-order valence-corrected chi connectivity index (χ4v) is 5.04. The van der Waals surface area contributed by atoms with E-state index in [2.05, 4.69) is 38.2 Å². The first-order valence-electron chi connectivity index (χ1n) is 12.5. The lowest BCUT2D eigenvalue weighted by Crippen LogP contribution is -2.31. The van der Waals surface area contributed by atoms with Crippen LogP contribution in [0.25, 0.3) is 10.9 Å². The predicted molar refractivity (Wildman–Crippen MR) is 136 cm³/mol. The number of aromatic amines is 1. The molecule has 9 heteroatoms. The van der Waals surface area contributed by atoms with Crippen LogP contribution in [0.5, 0.6) is 0 Å². The molecule has 1 fully saturated rings. The number of nitriles is 1. The Balaban J connectivity index is 1.36. The van der Waals surface area contributed by atoms with Crippen molar-refractivity contribution >= 4 is 16.8 Å². The second-order valence-corrected chi connectivity index (χ2v) is 10.1. The molecule has 4 heterocycles. The average molecular weight is 511 g/mol. The van der Waals surface area contributed by atoms with E-state index >= 15 is 0 Å². The number of nitrogens with zero attached hydrogens (tertiary/aromatic N) is 4. The third-order valence-electron chi connectivity index (χ3n) is 7.21. The summed E-state index contributed by atoms with van der Waals surface area (Å²) in [7, 11) is 0. The molecule has 1 amide bonds. The lowest BCUT2D eigenvalue weighted by atomic mass is 10.0. The molecule has 7 nitrogen and oxygen atoms in total. The summed E-state index contributed by atoms with van der Waals surface area (Å²) in [6.07, 6.45) is 2.90. The number of carbonyl (C=O) groups excluding carboxylic acids is 1. The SMILES string of the molecule is Cc1cc(C#CC2(CC#N)CC2)cc(C(=O)NC(c2cc3c(F)cccc3[nH]2)c2ncn3c2C[C@@H](F)C3)n1. The van der Waals surface area contributed by atoms with E-state index in [1.807, 2.05) is 0 Å². The van der Waals surface area contributed by atoms with Gasteiger partial charge >= 0.3 is 0 Å². The van der Waals surface area contributed by atoms with Gasteiger partial charge < -0.3 is 14.9 Å². The Morgan fingerprint density at radius 1 is 1.34 bits per heavy atom. The maximum Gasteiger partial charge on any atom is 0.270 e. The largest absolute Gasteiger partial charge is 0.356 e. The Labute approximate surface area is 217 Å². The number of carbonyl (C=O) groups is 1. The molecule has 1 aliphatic heterocycles. The molecular formula is C29H24F2N6O. The first kappa shape index (κ1) is 23.9. The first-order valence-corrected chi connectivity index (χ1v) is 12.5. The molecule has 3 aromatic heterocycles. The van der Waals surface area contributed by atoms with Gasteiger partial charge in [-0.2, -0.15) is 5.26 Å². The molecule has 0 radical (unpaired) electrons. The molecule has 2 N–H and O–H groups in total. The molecule has 1 aromatic carbocycles. The van der Waals surface area contributed by atoms with Crippen LogP contribution in [0, 0.1) is 41.3 Å². The fourth-order valence-electron chi connectivity index (χ4n) is 5.04. The molecule has 38 heavy (non-hydrogen) atoms. The van der Waals surface area contributed by atoms with Crippen molar-refractivity contribution in [2.24, 2.45) is 5.41 Å². The summed E-state index contributed by atoms with van der Waals surface area (Å²) in [6.45, 7) is 1.99. The van der Waals surface area contributed by atoms with Crippen LogP contribution in [-0.4, -0.2) is 31.6 Å². The van der Waals surface area contributed by atoms with Crippen molar-refractivity contribution in [3.05, 3.63) is 82.6 Å². The van der Waals surface area contributed by atoms with Gasteiger partial charge in [0.2, 0.25) is 0 Å². The zero-order valence-electron chi connectivity index (χ0n) is 20.7. The Bertz CT molecular complexity index is 1680. The van der Waals surface area contributed by atoms with Gasteiger partial charge in [-0.15, -0.1) is 0 Å². The van der Waals surface area contributed by atoms with Crippen molar-refractivity contribution in [2.45, 2.75) is 51.4 Å². The van der Waals surface area contributed by atoms with Gasteiger partial charge in [0.1, 0.15) is 23.7 Å². The molecule has 1 saturated carbocycles. The van der Waals surface area contributed by atoms with E-state index in [1.54, 1.807) is 48.1 Å². The predicted octanol–water partition coefficient (Wildman–Crippen LogP) is 4.67. The molecule has 4 aromatic rings. The Hall–Kier alpha value is -4.50. The van der Waals surface area contributed by atoms with E-state index in [4.69, 9.17) is 5.26 Å². The van der Waals surface area contributed by atoms with E-state index in [-0.39, 0.29) is 29.9 Å². The maximum absolute atomic E-state index is 14.5. The lowest BCUT2D eigenvalue weighted by Gasteiger charge is -2.17. The Morgan fingerprint density at radius 2 is 2.18 bits per heavy atom. The second-order valence-electron chi connectivity index (χ2n) is 10.1. The van der Waals surface area contributed by atoms with Gasteiger partial charge in [-0.3, -0.25) is 4.79 Å². The normalized spacial score (nSPS) is 17.8. The van der Waals surface area contributed by atoms with Crippen LogP contribution >= 0.6 is 0 Å². The van der Waals surface area contributed by atoms with Gasteiger partial charge in [-0.05, 0) is 50.1 Å². The minimum absolute atomic E-state index is 0.172. The smallest absolute Gasteiger partial charge is 0.270 e. The second kappa shape index (κ2) is 9.11. The first-order chi connectivity index (χ1) is 18.3. The van der Waals surface area contributed by atoms with Crippen LogP contribution in [0.15, 0.2) is 42.7 Å². The van der Waals surface area contributed by atoms with Crippen LogP contribution < -0.4 is 5.32 Å². The minimum Gasteiger partial charge on any atom is -0.356 e. The van der Waals surface area contributed by atoms with Crippen molar-refractivity contribution in [1.29, 1.82) is 5.26 Å². The molecule has 1 unspecified atom stereocenters. The highest BCUT2D eigenvalue weighted by molar-refractivity contribution is 5.93. The van der Waals surface area contributed by atoms with E-state index in [0.717, 1.165) is 12.8 Å². The number of alkyl halides is 1. The minimum atomic E-state index is -1.03. The number of halogens is 2. The van der Waals surface area contributed by atoms with E-state index in [1.165, 1.54) is 6.07 Å². The highest BCUT2D eigenvalue weighted by Gasteiger charge is 2.40. The number of nitrogens with one attached hydrogen (secondary N) is 2. The fraction of sp³-hybridized carbons (Fsp3) is 0.310. The summed E-state index contributed by atoms with van der Waals surface area (Å²) < 4.78 is 30.4. The van der Waals surface area contributed by atoms with Gasteiger partial charge in [0.15, 0.2) is 0 Å². The third-order valence-corrected chi connectivity index (χ3v) is 7.21. The zero-order valence-corrected chi connectivity index (χ0v) is 20.7. The van der Waals surface area contributed by atoms with Crippen molar-refractivity contribution in [3.8, 4) is 17.9 Å². The lowest BCUT2D eigenvalue weighted by molar-refractivity contribution is 0.0936. The summed E-state index contributed by atoms with van der Waals surface area (Å²) in [5.74, 6) is 5.47. The van der Waals surface area contributed by atoms with Gasteiger partial charge in [0.25, 0.3) is 5.91 Å². The number of aromatic nitrogens is 4. The molecule has 2 atom stereocenters. The topological polar surface area (TPSA) is 99.4 Å². The van der Waals surface area contributed by atoms with Gasteiger partial charge in [0, 0.05) is 45.4 Å². The number of benzene rings is 1. The number of fused-ring (bicyclic) bond motifs is 2. The van der Waals surface area contributed by atoms with Crippen LogP contribution in [0.4, 0.5) is 8.78 Å². The molecule has 190 valence electrons. The number of hydrogen-bond acceptors (Lipinski definition) is 4. The zero-order chi connectivity index (χ0) is 26.4. The number of amides is 1. The highest BCUT2D eigenvalue weighted by atomic mass is 19.1. The number of pyridine rings is 1. The molecule has 0 bridgehead atoms. The molecule has 2 aliphatic rings. The molecular weight excluding hydrogens is 486 g/mol. The summed E-state index contributed by atoms with van der Waals surface area (Å²) >= 11 is 0.